The van der Waals surface area contributed by atoms with Gasteiger partial charge in [-0.2, -0.15) is 20.5 Å². The normalized spacial score (nSPS) is 19.9. The number of terminal acetylenes is 1. The molecule has 3 unspecified atom stereocenters. The van der Waals surface area contributed by atoms with Gasteiger partial charge >= 0.3 is 12.0 Å². The van der Waals surface area contributed by atoms with Crippen LogP contribution in [0.1, 0.15) is 64.9 Å². The van der Waals surface area contributed by atoms with E-state index in [1.807, 2.05) is 18.7 Å². The number of nitrogens with one attached hydrogen (secondary N) is 1. The zero-order valence-electron chi connectivity index (χ0n) is 33.2. The van der Waals surface area contributed by atoms with Gasteiger partial charge in [0.15, 0.2) is 5.82 Å². The maximum atomic E-state index is 17.4. The molecular formula is C43H47F2N9O4. The number of ether oxygens (including phenoxy) is 2. The van der Waals surface area contributed by atoms with E-state index in [1.165, 1.54) is 31.4 Å². The molecule has 13 nitrogen and oxygen atoms in total. The molecule has 0 bridgehead atoms. The molecule has 3 fully saturated rings. The van der Waals surface area contributed by atoms with Gasteiger partial charge in [0.05, 0.1) is 43.5 Å². The number of methoxy groups -OCH3 is 1. The zero-order chi connectivity index (χ0) is 41.3. The Kier molecular flexibility index (Phi) is 11.4. The fourth-order valence-corrected chi connectivity index (χ4v) is 8.42. The summed E-state index contributed by atoms with van der Waals surface area (Å²) in [4.78, 5) is 33.9. The van der Waals surface area contributed by atoms with Crippen molar-refractivity contribution >= 4 is 33.5 Å². The number of phenolic OH excluding ortho intramolecular Hbond substituents is 1. The molecule has 2 aliphatic heterocycles. The summed E-state index contributed by atoms with van der Waals surface area (Å²) in [6.45, 7) is 8.94. The molecule has 4 heterocycles. The molecule has 58 heavy (non-hydrogen) atoms. The summed E-state index contributed by atoms with van der Waals surface area (Å²) in [6, 6.07) is 8.08. The fourth-order valence-electron chi connectivity index (χ4n) is 8.42. The number of anilines is 1. The maximum absolute atomic E-state index is 17.4. The summed E-state index contributed by atoms with van der Waals surface area (Å²) in [6.07, 6.45) is 10.5. The Morgan fingerprint density at radius 2 is 1.79 bits per heavy atom. The lowest BCUT2D eigenvalue weighted by molar-refractivity contribution is 0.122. The lowest BCUT2D eigenvalue weighted by atomic mass is 9.95. The first-order valence-electron chi connectivity index (χ1n) is 19.8. The number of nitrogens with zero attached hydrogens (tertiary/aromatic N) is 8. The predicted molar refractivity (Wildman–Crippen MR) is 214 cm³/mol. The third-order valence-electron chi connectivity index (χ3n) is 11.8. The van der Waals surface area contributed by atoms with Gasteiger partial charge in [0.1, 0.15) is 40.0 Å². The summed E-state index contributed by atoms with van der Waals surface area (Å²) in [7, 11) is 1.39. The van der Waals surface area contributed by atoms with Crippen molar-refractivity contribution in [2.75, 3.05) is 51.3 Å². The number of fused-ring (bicyclic) bond motifs is 2. The van der Waals surface area contributed by atoms with Gasteiger partial charge < -0.3 is 34.6 Å². The van der Waals surface area contributed by atoms with Crippen LogP contribution in [0.5, 0.6) is 17.6 Å². The quantitative estimate of drug-likeness (QED) is 0.159. The second kappa shape index (κ2) is 16.5. The van der Waals surface area contributed by atoms with Crippen molar-refractivity contribution in [2.24, 2.45) is 11.3 Å². The topological polar surface area (TPSA) is 164 Å². The number of urea groups is 1. The first-order chi connectivity index (χ1) is 28.0. The number of piperidine rings is 1. The van der Waals surface area contributed by atoms with Crippen molar-refractivity contribution in [1.82, 2.24) is 30.1 Å². The molecule has 15 heteroatoms. The van der Waals surface area contributed by atoms with Gasteiger partial charge in [-0.25, -0.2) is 18.6 Å². The molecule has 2 aromatic heterocycles. The molecule has 0 spiro atoms. The van der Waals surface area contributed by atoms with E-state index in [9.17, 15) is 20.4 Å². The summed E-state index contributed by atoms with van der Waals surface area (Å²) in [5, 5.41) is 33.1. The van der Waals surface area contributed by atoms with E-state index in [2.05, 4.69) is 38.2 Å². The first-order valence-corrected chi connectivity index (χ1v) is 19.8. The van der Waals surface area contributed by atoms with E-state index in [4.69, 9.17) is 20.9 Å². The third-order valence-corrected chi connectivity index (χ3v) is 11.8. The highest BCUT2D eigenvalue weighted by Gasteiger charge is 2.46. The molecule has 4 aromatic rings. The number of hydrogen-bond donors (Lipinski definition) is 2. The van der Waals surface area contributed by atoms with Crippen molar-refractivity contribution in [3.63, 3.8) is 0 Å². The lowest BCUT2D eigenvalue weighted by Gasteiger charge is -2.47. The number of hydrogen-bond acceptors (Lipinski definition) is 11. The first kappa shape index (κ1) is 40.2. The third kappa shape index (κ3) is 7.69. The van der Waals surface area contributed by atoms with Crippen LogP contribution < -0.4 is 19.7 Å². The van der Waals surface area contributed by atoms with E-state index >= 15 is 8.78 Å². The average Bonchev–Trinajstić information content (AvgIpc) is 4.01. The van der Waals surface area contributed by atoms with E-state index < -0.39 is 17.7 Å². The molecule has 3 atom stereocenters. The van der Waals surface area contributed by atoms with Crippen LogP contribution in [0.15, 0.2) is 24.3 Å². The number of rotatable bonds is 11. The molecule has 1 saturated carbocycles. The molecule has 2 saturated heterocycles. The number of phenols is 1. The number of likely N-dealkylation sites (tertiary alicyclic amines) is 1. The largest absolute Gasteiger partial charge is 0.508 e. The van der Waals surface area contributed by atoms with Crippen LogP contribution in [0.2, 0.25) is 0 Å². The summed E-state index contributed by atoms with van der Waals surface area (Å²) < 4.78 is 44.8. The Hall–Kier alpha value is -5.98. The van der Waals surface area contributed by atoms with Gasteiger partial charge in [0, 0.05) is 41.9 Å². The highest BCUT2D eigenvalue weighted by Crippen LogP contribution is 2.48. The minimum absolute atomic E-state index is 0.0216. The number of nitriles is 2. The molecule has 3 aliphatic rings. The molecular weight excluding hydrogens is 745 g/mol. The van der Waals surface area contributed by atoms with Crippen molar-refractivity contribution in [1.29, 1.82) is 10.5 Å². The molecule has 2 N–H and O–H groups in total. The van der Waals surface area contributed by atoms with Crippen molar-refractivity contribution in [3.8, 4) is 53.4 Å². The monoisotopic (exact) mass is 791 g/mol. The number of benzene rings is 2. The molecule has 302 valence electrons. The number of pyridine rings is 1. The molecule has 1 aliphatic carbocycles. The number of piperazine rings is 1. The maximum Gasteiger partial charge on any atom is 0.319 e. The minimum atomic E-state index is -0.882. The van der Waals surface area contributed by atoms with Crippen molar-refractivity contribution < 1.29 is 28.2 Å². The molecule has 2 aromatic carbocycles. The summed E-state index contributed by atoms with van der Waals surface area (Å²) in [5.41, 5.74) is -0.649. The summed E-state index contributed by atoms with van der Waals surface area (Å²) in [5.74, 6) is 0.947. The van der Waals surface area contributed by atoms with Crippen LogP contribution in [0.3, 0.4) is 0 Å². The summed E-state index contributed by atoms with van der Waals surface area (Å²) >= 11 is 0. The van der Waals surface area contributed by atoms with Gasteiger partial charge in [0.25, 0.3) is 0 Å². The number of aromatic nitrogens is 3. The Labute approximate surface area is 336 Å². The minimum Gasteiger partial charge on any atom is -0.508 e. The predicted octanol–water partition coefficient (Wildman–Crippen LogP) is 6.51. The highest BCUT2D eigenvalue weighted by atomic mass is 19.1. The van der Waals surface area contributed by atoms with E-state index in [0.29, 0.717) is 37.1 Å². The van der Waals surface area contributed by atoms with Gasteiger partial charge in [-0.15, -0.1) is 6.42 Å². The second-order valence-electron chi connectivity index (χ2n) is 15.7. The number of halogens is 2. The number of aromatic hydroxyl groups is 1. The van der Waals surface area contributed by atoms with E-state index in [1.54, 1.807) is 11.8 Å². The van der Waals surface area contributed by atoms with Gasteiger partial charge in [-0.1, -0.05) is 25.8 Å². The Balaban J connectivity index is 1.35. The SMILES string of the molecule is C#Cc1c(F)ccc2cc(O)cc(-c3nc(OC)c4c(N5CC(CC)N(C(=O)NC(C)C#N)C(CC)C5)nc(OCC5(CN6CCC(C#N)CC6)CC5)nc4c3F)c12. The van der Waals surface area contributed by atoms with Crippen LogP contribution >= 0.6 is 0 Å². The Morgan fingerprint density at radius 1 is 1.09 bits per heavy atom. The zero-order valence-corrected chi connectivity index (χ0v) is 33.2. The highest BCUT2D eigenvalue weighted by molar-refractivity contribution is 6.04. The fraction of sp³-hybridized carbons (Fsp3) is 0.488. The van der Waals surface area contributed by atoms with Gasteiger partial charge in [-0.3, -0.25) is 0 Å². The van der Waals surface area contributed by atoms with Gasteiger partial charge in [-0.05, 0) is 82.1 Å². The Bertz CT molecular complexity index is 2350. The van der Waals surface area contributed by atoms with Gasteiger partial charge in [0.2, 0.25) is 5.88 Å². The standard InChI is InChI=1S/C43H47F2N9O4/c1-6-28-21-53(22-29(7-2)54(28)42(56)48-25(4)19-46)39-35-38(50-41(51-39)58-24-43(13-14-43)23-52-15-11-26(20-47)12-16-52)36(45)37(49-40(35)57-5)32-18-30(55)17-27-9-10-33(44)31(8-3)34(27)32/h3,9-10,17-18,25-26,28-29,55H,6-7,11-16,21-24H2,1-2,4-5H3,(H,48,56). The molecule has 2 amide bonds. The Morgan fingerprint density at radius 3 is 2.40 bits per heavy atom. The number of carbonyl (C=O) groups excluding carboxylic acids is 1. The number of carbonyl (C=O) groups is 1. The van der Waals surface area contributed by atoms with E-state index in [0.717, 1.165) is 45.3 Å². The van der Waals surface area contributed by atoms with E-state index in [-0.39, 0.29) is 86.8 Å². The molecule has 0 radical (unpaired) electrons. The molecule has 7 rings (SSSR count). The van der Waals surface area contributed by atoms with Crippen molar-refractivity contribution in [3.05, 3.63) is 41.5 Å². The second-order valence-corrected chi connectivity index (χ2v) is 15.7. The lowest BCUT2D eigenvalue weighted by Crippen LogP contribution is -2.63. The van der Waals surface area contributed by atoms with Crippen molar-refractivity contribution in [2.45, 2.75) is 77.4 Å². The van der Waals surface area contributed by atoms with Crippen LogP contribution in [0.25, 0.3) is 32.9 Å². The number of amides is 2. The van der Waals surface area contributed by atoms with Crippen LogP contribution in [0, 0.1) is 58.0 Å². The van der Waals surface area contributed by atoms with Crippen LogP contribution in [0.4, 0.5) is 19.4 Å². The smallest absolute Gasteiger partial charge is 0.319 e. The van der Waals surface area contributed by atoms with Crippen LogP contribution in [-0.4, -0.2) is 100 Å². The average molecular weight is 792 g/mol. The van der Waals surface area contributed by atoms with Crippen LogP contribution in [-0.2, 0) is 0 Å².